The lowest BCUT2D eigenvalue weighted by atomic mass is 9.96. The second-order valence-corrected chi connectivity index (χ2v) is 13.0. The molecule has 0 unspecified atom stereocenters. The van der Waals surface area contributed by atoms with Crippen molar-refractivity contribution in [3.8, 4) is 0 Å². The minimum atomic E-state index is -4.20. The van der Waals surface area contributed by atoms with Gasteiger partial charge in [0.05, 0.1) is 22.5 Å². The number of esters is 3. The quantitative estimate of drug-likeness (QED) is 0.285. The third-order valence-corrected chi connectivity index (χ3v) is 5.13. The summed E-state index contributed by atoms with van der Waals surface area (Å²) in [6, 6.07) is 0. The summed E-state index contributed by atoms with van der Waals surface area (Å²) in [6.07, 6.45) is -8.07. The highest BCUT2D eigenvalue weighted by molar-refractivity contribution is 7.86. The molecule has 1 rings (SSSR count). The first kappa shape index (κ1) is 30.2. The van der Waals surface area contributed by atoms with Gasteiger partial charge in [-0.1, -0.05) is 0 Å². The molecule has 12 heteroatoms. The minimum absolute atomic E-state index is 0.571. The number of alkyl halides is 1. The predicted octanol–water partition coefficient (Wildman–Crippen LogP) is 2.53. The van der Waals surface area contributed by atoms with Crippen LogP contribution >= 0.6 is 0 Å². The highest BCUT2D eigenvalue weighted by Gasteiger charge is 2.55. The zero-order valence-corrected chi connectivity index (χ0v) is 22.3. The first-order valence-corrected chi connectivity index (χ1v) is 12.6. The van der Waals surface area contributed by atoms with Crippen molar-refractivity contribution in [2.45, 2.75) is 93.1 Å². The van der Waals surface area contributed by atoms with E-state index in [0.29, 0.717) is 0 Å². The molecule has 0 spiro atoms. The maximum absolute atomic E-state index is 14.9. The van der Waals surface area contributed by atoms with Crippen LogP contribution in [0.2, 0.25) is 0 Å². The molecule has 0 aromatic heterocycles. The summed E-state index contributed by atoms with van der Waals surface area (Å²) in [5, 5.41) is 0. The van der Waals surface area contributed by atoms with Crippen LogP contribution in [0.15, 0.2) is 0 Å². The molecule has 10 nitrogen and oxygen atoms in total. The van der Waals surface area contributed by atoms with Gasteiger partial charge in [-0.05, 0) is 62.3 Å². The highest BCUT2D eigenvalue weighted by Crippen LogP contribution is 2.34. The van der Waals surface area contributed by atoms with Gasteiger partial charge in [-0.25, -0.2) is 4.39 Å². The summed E-state index contributed by atoms with van der Waals surface area (Å²) >= 11 is 0. The molecule has 0 amide bonds. The van der Waals surface area contributed by atoms with Gasteiger partial charge < -0.3 is 18.9 Å². The molecule has 34 heavy (non-hydrogen) atoms. The second kappa shape index (κ2) is 10.4. The molecule has 1 aliphatic heterocycles. The van der Waals surface area contributed by atoms with Crippen LogP contribution in [0, 0.1) is 16.2 Å². The standard InChI is InChI=1S/C22H37FO10S/c1-20(2,3)17(24)29-11-12(30-18(25)21(4,5)6)13-14(33-34(10,27)28)15(16(23)31-13)32-19(26)22(7,8)9/h12-16H,11H2,1-10H3/t12-,13-,14+,15-,16-/m1/s1. The van der Waals surface area contributed by atoms with E-state index in [0.717, 1.165) is 6.26 Å². The van der Waals surface area contributed by atoms with Crippen molar-refractivity contribution in [2.24, 2.45) is 16.2 Å². The first-order chi connectivity index (χ1) is 15.0. The average molecular weight is 513 g/mol. The molecule has 198 valence electrons. The van der Waals surface area contributed by atoms with Crippen molar-refractivity contribution >= 4 is 28.0 Å². The van der Waals surface area contributed by atoms with Crippen LogP contribution in [-0.4, -0.2) is 70.0 Å². The number of rotatable bonds is 7. The lowest BCUT2D eigenvalue weighted by Gasteiger charge is -2.30. The third kappa shape index (κ3) is 8.77. The van der Waals surface area contributed by atoms with E-state index >= 15 is 0 Å². The summed E-state index contributed by atoms with van der Waals surface area (Å²) in [4.78, 5) is 37.3. The van der Waals surface area contributed by atoms with E-state index in [9.17, 15) is 27.2 Å². The highest BCUT2D eigenvalue weighted by atomic mass is 32.2. The van der Waals surface area contributed by atoms with Gasteiger partial charge >= 0.3 is 17.9 Å². The maximum atomic E-state index is 14.9. The van der Waals surface area contributed by atoms with Gasteiger partial charge in [0.25, 0.3) is 10.1 Å². The summed E-state index contributed by atoms with van der Waals surface area (Å²) < 4.78 is 64.9. The Hall–Kier alpha value is -1.79. The predicted molar refractivity (Wildman–Crippen MR) is 119 cm³/mol. The van der Waals surface area contributed by atoms with E-state index in [-0.39, 0.29) is 0 Å². The number of carbonyl (C=O) groups is 3. The van der Waals surface area contributed by atoms with E-state index in [1.54, 1.807) is 41.5 Å². The number of hydrogen-bond acceptors (Lipinski definition) is 10. The van der Waals surface area contributed by atoms with Gasteiger partial charge in [0, 0.05) is 0 Å². The molecule has 5 atom stereocenters. The zero-order valence-electron chi connectivity index (χ0n) is 21.5. The van der Waals surface area contributed by atoms with Gasteiger partial charge in [-0.15, -0.1) is 0 Å². The first-order valence-electron chi connectivity index (χ1n) is 10.8. The molecule has 0 N–H and O–H groups in total. The molecule has 0 aliphatic carbocycles. The van der Waals surface area contributed by atoms with Gasteiger partial charge in [0.15, 0.2) is 12.2 Å². The molecule has 0 bridgehead atoms. The van der Waals surface area contributed by atoms with Crippen LogP contribution in [0.4, 0.5) is 4.39 Å². The minimum Gasteiger partial charge on any atom is -0.461 e. The van der Waals surface area contributed by atoms with Crippen molar-refractivity contribution in [3.05, 3.63) is 0 Å². The Kier molecular flexibility index (Phi) is 9.29. The Morgan fingerprint density at radius 3 is 1.74 bits per heavy atom. The lowest BCUT2D eigenvalue weighted by Crippen LogP contribution is -2.48. The lowest BCUT2D eigenvalue weighted by molar-refractivity contribution is -0.184. The van der Waals surface area contributed by atoms with Crippen LogP contribution in [0.3, 0.4) is 0 Å². The zero-order chi connectivity index (χ0) is 26.9. The average Bonchev–Trinajstić information content (AvgIpc) is 2.89. The van der Waals surface area contributed by atoms with E-state index < -0.39 is 81.7 Å². The monoisotopic (exact) mass is 512 g/mol. The third-order valence-electron chi connectivity index (χ3n) is 4.56. The maximum Gasteiger partial charge on any atom is 0.311 e. The summed E-state index contributed by atoms with van der Waals surface area (Å²) in [6.45, 7) is 13.5. The Bertz CT molecular complexity index is 864. The van der Waals surface area contributed by atoms with Crippen molar-refractivity contribution in [1.82, 2.24) is 0 Å². The topological polar surface area (TPSA) is 132 Å². The SMILES string of the molecule is CC(C)(C)C(=O)OC[C@@H](OC(=O)C(C)(C)C)[C@H]1O[C@@H](F)[C@H](OC(=O)C(C)(C)C)[C@H]1OS(C)(=O)=O. The van der Waals surface area contributed by atoms with Crippen LogP contribution in [0.1, 0.15) is 62.3 Å². The Morgan fingerprint density at radius 1 is 0.853 bits per heavy atom. The van der Waals surface area contributed by atoms with Gasteiger partial charge in [-0.3, -0.25) is 18.6 Å². The van der Waals surface area contributed by atoms with Crippen LogP contribution in [0.5, 0.6) is 0 Å². The molecule has 1 saturated heterocycles. The number of ether oxygens (including phenoxy) is 4. The van der Waals surface area contributed by atoms with Crippen molar-refractivity contribution in [3.63, 3.8) is 0 Å². The molecule has 0 aromatic rings. The van der Waals surface area contributed by atoms with Gasteiger partial charge in [0.1, 0.15) is 18.8 Å². The van der Waals surface area contributed by atoms with E-state index in [1.165, 1.54) is 20.8 Å². The fourth-order valence-corrected chi connectivity index (χ4v) is 3.18. The van der Waals surface area contributed by atoms with Crippen LogP contribution in [-0.2, 0) is 47.6 Å². The number of hydrogen-bond donors (Lipinski definition) is 0. The number of carbonyl (C=O) groups excluding carboxylic acids is 3. The van der Waals surface area contributed by atoms with Crippen LogP contribution in [0.25, 0.3) is 0 Å². The molecular formula is C22H37FO10S. The molecule has 0 saturated carbocycles. The molecule has 1 heterocycles. The second-order valence-electron chi connectivity index (χ2n) is 11.4. The van der Waals surface area contributed by atoms with E-state index in [1.807, 2.05) is 0 Å². The Balaban J connectivity index is 3.36. The van der Waals surface area contributed by atoms with Crippen molar-refractivity contribution in [2.75, 3.05) is 12.9 Å². The summed E-state index contributed by atoms with van der Waals surface area (Å²) in [7, 11) is -4.20. The normalized spacial score (nSPS) is 24.9. The molecule has 0 radical (unpaired) electrons. The summed E-state index contributed by atoms with van der Waals surface area (Å²) in [5.74, 6) is -2.21. The molecule has 0 aromatic carbocycles. The van der Waals surface area contributed by atoms with Gasteiger partial charge in [0.2, 0.25) is 6.36 Å². The fraction of sp³-hybridized carbons (Fsp3) is 0.864. The van der Waals surface area contributed by atoms with Crippen molar-refractivity contribution < 1.29 is 50.3 Å². The Labute approximate surface area is 200 Å². The molecule has 1 aliphatic rings. The number of halogens is 1. The molecular weight excluding hydrogens is 475 g/mol. The Morgan fingerprint density at radius 2 is 1.32 bits per heavy atom. The van der Waals surface area contributed by atoms with Gasteiger partial charge in [-0.2, -0.15) is 8.42 Å². The van der Waals surface area contributed by atoms with Crippen molar-refractivity contribution in [1.29, 1.82) is 0 Å². The van der Waals surface area contributed by atoms with E-state index in [2.05, 4.69) is 0 Å². The molecule has 1 fully saturated rings. The largest absolute Gasteiger partial charge is 0.461 e. The fourth-order valence-electron chi connectivity index (χ4n) is 2.56. The van der Waals surface area contributed by atoms with E-state index in [4.69, 9.17) is 23.1 Å². The van der Waals surface area contributed by atoms with Crippen LogP contribution < -0.4 is 0 Å². The summed E-state index contributed by atoms with van der Waals surface area (Å²) in [5.41, 5.74) is -2.93. The smallest absolute Gasteiger partial charge is 0.311 e.